The molecule has 0 spiro atoms. The summed E-state index contributed by atoms with van der Waals surface area (Å²) in [6, 6.07) is 17.2. The van der Waals surface area contributed by atoms with E-state index in [2.05, 4.69) is 46.6 Å². The highest BCUT2D eigenvalue weighted by Crippen LogP contribution is 2.42. The molecule has 2 fully saturated rings. The molecule has 0 bridgehead atoms. The van der Waals surface area contributed by atoms with Crippen LogP contribution in [0.3, 0.4) is 0 Å². The number of ketones is 1. The van der Waals surface area contributed by atoms with Crippen molar-refractivity contribution in [3.63, 3.8) is 0 Å². The van der Waals surface area contributed by atoms with Crippen LogP contribution in [-0.2, 0) is 23.1 Å². The second-order valence-corrected chi connectivity index (χ2v) is 12.5. The molecule has 2 aromatic carbocycles. The lowest BCUT2D eigenvalue weighted by Crippen LogP contribution is -2.48. The fourth-order valence-electron chi connectivity index (χ4n) is 7.15. The molecule has 3 aliphatic rings. The summed E-state index contributed by atoms with van der Waals surface area (Å²) < 4.78 is 0. The van der Waals surface area contributed by atoms with Gasteiger partial charge in [-0.15, -0.1) is 0 Å². The molecule has 0 aromatic heterocycles. The third-order valence-electron chi connectivity index (χ3n) is 9.66. The predicted molar refractivity (Wildman–Crippen MR) is 155 cm³/mol. The molecule has 0 radical (unpaired) electrons. The van der Waals surface area contributed by atoms with Gasteiger partial charge in [-0.05, 0) is 93.0 Å². The molecule has 38 heavy (non-hydrogen) atoms. The highest BCUT2D eigenvalue weighted by atomic mass is 16.2. The zero-order valence-corrected chi connectivity index (χ0v) is 23.5. The van der Waals surface area contributed by atoms with Crippen molar-refractivity contribution in [2.45, 2.75) is 95.9 Å². The number of hydrogen-bond acceptors (Lipinski definition) is 3. The Bertz CT molecular complexity index is 1090. The second kappa shape index (κ2) is 12.2. The molecule has 204 valence electrons. The molecule has 4 heteroatoms. The number of carbonyl (C=O) groups is 2. The van der Waals surface area contributed by atoms with Crippen LogP contribution in [-0.4, -0.2) is 42.3 Å². The van der Waals surface area contributed by atoms with E-state index in [0.29, 0.717) is 6.04 Å². The first kappa shape index (κ1) is 27.1. The van der Waals surface area contributed by atoms with Gasteiger partial charge in [-0.25, -0.2) is 0 Å². The molecule has 1 amide bonds. The number of Topliss-reactive ketones (excluding diaryl/α,β-unsaturated/α-hetero) is 1. The molecule has 1 heterocycles. The van der Waals surface area contributed by atoms with E-state index in [1.54, 1.807) is 0 Å². The molecule has 5 rings (SSSR count). The average Bonchev–Trinajstić information content (AvgIpc) is 3.36. The van der Waals surface area contributed by atoms with Crippen LogP contribution < -0.4 is 5.32 Å². The number of carbonyl (C=O) groups excluding carboxylic acids is 2. The summed E-state index contributed by atoms with van der Waals surface area (Å²) in [4.78, 5) is 28.6. The van der Waals surface area contributed by atoms with Crippen LogP contribution in [0.1, 0.15) is 98.7 Å². The van der Waals surface area contributed by atoms with Crippen LogP contribution in [0, 0.1) is 11.8 Å². The van der Waals surface area contributed by atoms with Crippen molar-refractivity contribution in [3.8, 4) is 0 Å². The van der Waals surface area contributed by atoms with Gasteiger partial charge in [0, 0.05) is 30.6 Å². The Morgan fingerprint density at radius 1 is 0.921 bits per heavy atom. The zero-order valence-electron chi connectivity index (χ0n) is 23.5. The minimum Gasteiger partial charge on any atom is -0.353 e. The minimum atomic E-state index is -0.314. The number of hydrogen-bond donors (Lipinski definition) is 1. The molecule has 0 unspecified atom stereocenters. The third kappa shape index (κ3) is 6.06. The van der Waals surface area contributed by atoms with Crippen LogP contribution in [0.5, 0.6) is 0 Å². The first-order chi connectivity index (χ1) is 18.4. The topological polar surface area (TPSA) is 49.4 Å². The summed E-state index contributed by atoms with van der Waals surface area (Å²) in [6.45, 7) is 7.31. The second-order valence-electron chi connectivity index (χ2n) is 12.5. The Morgan fingerprint density at radius 2 is 1.61 bits per heavy atom. The fraction of sp³-hybridized carbons (Fsp3) is 0.588. The summed E-state index contributed by atoms with van der Waals surface area (Å²) >= 11 is 0. The van der Waals surface area contributed by atoms with Crippen molar-refractivity contribution in [3.05, 3.63) is 70.8 Å². The van der Waals surface area contributed by atoms with E-state index >= 15 is 0 Å². The number of fused-ring (bicyclic) bond motifs is 1. The van der Waals surface area contributed by atoms with E-state index in [1.165, 1.54) is 36.0 Å². The van der Waals surface area contributed by atoms with E-state index < -0.39 is 0 Å². The first-order valence-electron chi connectivity index (χ1n) is 15.2. The molecule has 0 saturated heterocycles. The van der Waals surface area contributed by atoms with Crippen LogP contribution in [0.2, 0.25) is 0 Å². The maximum atomic E-state index is 13.5. The highest BCUT2D eigenvalue weighted by Gasteiger charge is 2.43. The normalized spacial score (nSPS) is 23.6. The molecule has 0 atom stereocenters. The molecular formula is C34H46N2O2. The molecule has 2 aromatic rings. The van der Waals surface area contributed by atoms with E-state index in [1.807, 2.05) is 26.0 Å². The van der Waals surface area contributed by atoms with Gasteiger partial charge < -0.3 is 10.2 Å². The van der Waals surface area contributed by atoms with Crippen molar-refractivity contribution >= 4 is 11.7 Å². The van der Waals surface area contributed by atoms with Crippen LogP contribution >= 0.6 is 0 Å². The standard InChI is InChI=1S/C34H46N2O2/c1-25(2)32(37)29-13-12-27-17-22-36(23-18-28(27)24-29)21-16-26-10-14-31(15-11-26)35-33(38)34(19-6-7-20-34)30-8-4-3-5-9-30/h3-5,8-9,12-13,24-26,31H,6-7,10-11,14-23H2,1-2H3,(H,35,38)/t26-,31-. The summed E-state index contributed by atoms with van der Waals surface area (Å²) in [5.74, 6) is 1.33. The molecule has 1 aliphatic heterocycles. The number of amides is 1. The molecular weight excluding hydrogens is 468 g/mol. The fourth-order valence-corrected chi connectivity index (χ4v) is 7.15. The third-order valence-corrected chi connectivity index (χ3v) is 9.66. The smallest absolute Gasteiger partial charge is 0.230 e. The van der Waals surface area contributed by atoms with Gasteiger partial charge in [-0.1, -0.05) is 69.2 Å². The number of nitrogens with one attached hydrogen (secondary N) is 1. The van der Waals surface area contributed by atoms with E-state index in [0.717, 1.165) is 82.5 Å². The molecule has 4 nitrogen and oxygen atoms in total. The van der Waals surface area contributed by atoms with Crippen molar-refractivity contribution in [2.24, 2.45) is 11.8 Å². The van der Waals surface area contributed by atoms with Crippen LogP contribution in [0.4, 0.5) is 0 Å². The van der Waals surface area contributed by atoms with Gasteiger partial charge in [-0.2, -0.15) is 0 Å². The summed E-state index contributed by atoms with van der Waals surface area (Å²) in [7, 11) is 0. The maximum absolute atomic E-state index is 13.5. The van der Waals surface area contributed by atoms with Crippen molar-refractivity contribution in [2.75, 3.05) is 19.6 Å². The lowest BCUT2D eigenvalue weighted by Gasteiger charge is -2.34. The molecule has 2 aliphatic carbocycles. The van der Waals surface area contributed by atoms with Gasteiger partial charge in [0.2, 0.25) is 5.91 Å². The maximum Gasteiger partial charge on any atom is 0.230 e. The lowest BCUT2D eigenvalue weighted by atomic mass is 9.77. The van der Waals surface area contributed by atoms with Crippen molar-refractivity contribution in [1.29, 1.82) is 0 Å². The Labute approximate surface area is 229 Å². The van der Waals surface area contributed by atoms with Crippen LogP contribution in [0.15, 0.2) is 48.5 Å². The number of nitrogens with zero attached hydrogens (tertiary/aromatic N) is 1. The summed E-state index contributed by atoms with van der Waals surface area (Å²) in [5, 5.41) is 3.49. The first-order valence-corrected chi connectivity index (χ1v) is 15.2. The van der Waals surface area contributed by atoms with E-state index in [4.69, 9.17) is 0 Å². The minimum absolute atomic E-state index is 0.0476. The molecule has 1 N–H and O–H groups in total. The van der Waals surface area contributed by atoms with Crippen molar-refractivity contribution < 1.29 is 9.59 Å². The van der Waals surface area contributed by atoms with Crippen molar-refractivity contribution in [1.82, 2.24) is 10.2 Å². The van der Waals surface area contributed by atoms with Gasteiger partial charge >= 0.3 is 0 Å². The van der Waals surface area contributed by atoms with Gasteiger partial charge in [0.25, 0.3) is 0 Å². The van der Waals surface area contributed by atoms with Crippen LogP contribution in [0.25, 0.3) is 0 Å². The quantitative estimate of drug-likeness (QED) is 0.409. The van der Waals surface area contributed by atoms with Gasteiger partial charge in [0.1, 0.15) is 0 Å². The largest absolute Gasteiger partial charge is 0.353 e. The summed E-state index contributed by atoms with van der Waals surface area (Å²) in [5.41, 5.74) is 4.54. The SMILES string of the molecule is CC(C)C(=O)c1ccc2c(c1)CCN(CC[C@H]1CC[C@H](NC(=O)C3(c4ccccc4)CCCC3)CC1)CC2. The van der Waals surface area contributed by atoms with Gasteiger partial charge in [-0.3, -0.25) is 9.59 Å². The summed E-state index contributed by atoms with van der Waals surface area (Å²) in [6.07, 6.45) is 12.3. The average molecular weight is 515 g/mol. The van der Waals surface area contributed by atoms with E-state index in [9.17, 15) is 9.59 Å². The van der Waals surface area contributed by atoms with E-state index in [-0.39, 0.29) is 23.0 Å². The molecule has 2 saturated carbocycles. The highest BCUT2D eigenvalue weighted by molar-refractivity contribution is 5.97. The monoisotopic (exact) mass is 514 g/mol. The number of benzene rings is 2. The Balaban J connectivity index is 1.08. The Hall–Kier alpha value is -2.46. The Morgan fingerprint density at radius 3 is 2.29 bits per heavy atom. The number of rotatable bonds is 8. The van der Waals surface area contributed by atoms with Gasteiger partial charge in [0.05, 0.1) is 5.41 Å². The zero-order chi connectivity index (χ0) is 26.5. The van der Waals surface area contributed by atoms with Gasteiger partial charge in [0.15, 0.2) is 5.78 Å². The predicted octanol–water partition coefficient (Wildman–Crippen LogP) is 6.50. The lowest BCUT2D eigenvalue weighted by molar-refractivity contribution is -0.127. The Kier molecular flexibility index (Phi) is 8.67.